The number of nitrogens with one attached hydrogen (secondary N) is 1. The molecule has 18 heavy (non-hydrogen) atoms. The molecule has 98 valence electrons. The van der Waals surface area contributed by atoms with Crippen LogP contribution in [0.25, 0.3) is 0 Å². The summed E-state index contributed by atoms with van der Waals surface area (Å²) in [5.74, 6) is 0.506. The highest BCUT2D eigenvalue weighted by molar-refractivity contribution is 6.29. The van der Waals surface area contributed by atoms with Gasteiger partial charge in [0.15, 0.2) is 0 Å². The zero-order chi connectivity index (χ0) is 13.8. The maximum Gasteiger partial charge on any atom is 0.132 e. The largest absolute Gasteiger partial charge is 0.391 e. The molecule has 1 aromatic heterocycles. The van der Waals surface area contributed by atoms with E-state index in [0.29, 0.717) is 24.3 Å². The third kappa shape index (κ3) is 5.35. The van der Waals surface area contributed by atoms with Crippen LogP contribution in [-0.2, 0) is 0 Å². The molecule has 2 N–H and O–H groups in total. The summed E-state index contributed by atoms with van der Waals surface area (Å²) in [5, 5.41) is 21.9. The van der Waals surface area contributed by atoms with Gasteiger partial charge in [0.05, 0.1) is 17.7 Å². The van der Waals surface area contributed by atoms with Crippen molar-refractivity contribution in [2.45, 2.75) is 33.3 Å². The number of nitrogens with zero attached hydrogens (tertiary/aromatic N) is 2. The van der Waals surface area contributed by atoms with Gasteiger partial charge in [0, 0.05) is 6.54 Å². The summed E-state index contributed by atoms with van der Waals surface area (Å²) in [5.41, 5.74) is 0.517. The molecule has 1 atom stereocenters. The average molecular weight is 268 g/mol. The molecule has 1 aromatic rings. The topological polar surface area (TPSA) is 68.9 Å². The van der Waals surface area contributed by atoms with Crippen LogP contribution in [0.4, 0.5) is 5.82 Å². The van der Waals surface area contributed by atoms with Gasteiger partial charge in [-0.3, -0.25) is 0 Å². The Morgan fingerprint density at radius 3 is 2.72 bits per heavy atom. The lowest BCUT2D eigenvalue weighted by atomic mass is 9.89. The van der Waals surface area contributed by atoms with Gasteiger partial charge in [-0.15, -0.1) is 0 Å². The molecule has 0 spiro atoms. The summed E-state index contributed by atoms with van der Waals surface area (Å²) in [6.07, 6.45) is 0.224. The molecular weight excluding hydrogens is 250 g/mol. The Morgan fingerprint density at radius 2 is 2.17 bits per heavy atom. The van der Waals surface area contributed by atoms with Crippen LogP contribution in [-0.4, -0.2) is 22.7 Å². The fraction of sp³-hybridized carbons (Fsp3) is 0.538. The number of hydrogen-bond acceptors (Lipinski definition) is 4. The second kappa shape index (κ2) is 6.03. The van der Waals surface area contributed by atoms with Crippen LogP contribution in [0.3, 0.4) is 0 Å². The second-order valence-corrected chi connectivity index (χ2v) is 5.86. The van der Waals surface area contributed by atoms with Crippen LogP contribution in [0.15, 0.2) is 12.1 Å². The van der Waals surface area contributed by atoms with Crippen LogP contribution < -0.4 is 5.32 Å². The quantitative estimate of drug-likeness (QED) is 0.823. The highest BCUT2D eigenvalue weighted by atomic mass is 35.5. The fourth-order valence-corrected chi connectivity index (χ4v) is 1.86. The molecule has 5 heteroatoms. The molecule has 0 saturated heterocycles. The first kappa shape index (κ1) is 14.7. The van der Waals surface area contributed by atoms with E-state index >= 15 is 0 Å². The van der Waals surface area contributed by atoms with E-state index in [9.17, 15) is 5.11 Å². The second-order valence-electron chi connectivity index (χ2n) is 5.48. The van der Waals surface area contributed by atoms with Gasteiger partial charge in [-0.2, -0.15) is 5.26 Å². The summed E-state index contributed by atoms with van der Waals surface area (Å²) in [7, 11) is 0. The predicted molar refractivity (Wildman–Crippen MR) is 72.5 cm³/mol. The smallest absolute Gasteiger partial charge is 0.132 e. The van der Waals surface area contributed by atoms with E-state index in [2.05, 4.69) is 31.1 Å². The van der Waals surface area contributed by atoms with E-state index in [1.807, 2.05) is 6.07 Å². The van der Waals surface area contributed by atoms with Crippen molar-refractivity contribution in [2.75, 3.05) is 11.9 Å². The van der Waals surface area contributed by atoms with Crippen LogP contribution in [0.2, 0.25) is 5.15 Å². The Hall–Kier alpha value is -1.31. The van der Waals surface area contributed by atoms with Gasteiger partial charge in [-0.05, 0) is 24.0 Å². The Bertz CT molecular complexity index is 449. The van der Waals surface area contributed by atoms with E-state index in [1.54, 1.807) is 6.07 Å². The van der Waals surface area contributed by atoms with Crippen molar-refractivity contribution < 1.29 is 5.11 Å². The molecule has 1 unspecified atom stereocenters. The van der Waals surface area contributed by atoms with Gasteiger partial charge < -0.3 is 10.4 Å². The number of aromatic nitrogens is 1. The van der Waals surface area contributed by atoms with Crippen LogP contribution in [0.1, 0.15) is 32.8 Å². The van der Waals surface area contributed by atoms with Crippen molar-refractivity contribution in [2.24, 2.45) is 5.41 Å². The Morgan fingerprint density at radius 1 is 1.50 bits per heavy atom. The molecule has 0 bridgehead atoms. The third-order valence-corrected chi connectivity index (χ3v) is 2.48. The summed E-state index contributed by atoms with van der Waals surface area (Å²) in [6.45, 7) is 6.60. The number of hydrogen-bond donors (Lipinski definition) is 2. The fourth-order valence-electron chi connectivity index (χ4n) is 1.65. The monoisotopic (exact) mass is 267 g/mol. The normalized spacial score (nSPS) is 12.9. The van der Waals surface area contributed by atoms with E-state index in [1.165, 1.54) is 6.07 Å². The van der Waals surface area contributed by atoms with Gasteiger partial charge in [0.2, 0.25) is 0 Å². The number of aliphatic hydroxyl groups is 1. The summed E-state index contributed by atoms with van der Waals surface area (Å²) < 4.78 is 0. The number of rotatable bonds is 4. The minimum absolute atomic E-state index is 0.0701. The maximum absolute atomic E-state index is 9.85. The molecule has 0 amide bonds. The van der Waals surface area contributed by atoms with Crippen molar-refractivity contribution in [3.8, 4) is 6.07 Å². The van der Waals surface area contributed by atoms with Crippen LogP contribution in [0.5, 0.6) is 0 Å². The molecule has 4 nitrogen and oxygen atoms in total. The number of nitriles is 1. The van der Waals surface area contributed by atoms with Crippen molar-refractivity contribution in [3.05, 3.63) is 22.8 Å². The third-order valence-electron chi connectivity index (χ3n) is 2.29. The van der Waals surface area contributed by atoms with Gasteiger partial charge >= 0.3 is 0 Å². The lowest BCUT2D eigenvalue weighted by Crippen LogP contribution is -2.25. The average Bonchev–Trinajstić information content (AvgIpc) is 2.23. The van der Waals surface area contributed by atoms with Crippen molar-refractivity contribution >= 4 is 17.4 Å². The van der Waals surface area contributed by atoms with Gasteiger partial charge in [0.1, 0.15) is 11.0 Å². The zero-order valence-corrected chi connectivity index (χ0v) is 11.6. The molecule has 0 aromatic carbocycles. The molecule has 1 heterocycles. The molecule has 0 aliphatic rings. The molecule has 0 fully saturated rings. The molecule has 0 aliphatic carbocycles. The van der Waals surface area contributed by atoms with E-state index in [-0.39, 0.29) is 10.6 Å². The molecular formula is C13H18ClN3O. The van der Waals surface area contributed by atoms with Gasteiger partial charge in [-0.1, -0.05) is 32.4 Å². The molecule has 1 rings (SSSR count). The maximum atomic E-state index is 9.85. The minimum atomic E-state index is -0.462. The van der Waals surface area contributed by atoms with Crippen LogP contribution in [0, 0.1) is 16.7 Å². The standard InChI is InChI=1S/C13H18ClN3O/c1-13(2,3)6-10(18)8-16-12-5-9(7-15)4-11(14)17-12/h4-5,10,18H,6,8H2,1-3H3,(H,16,17). The summed E-state index contributed by atoms with van der Waals surface area (Å²) in [6, 6.07) is 5.11. The minimum Gasteiger partial charge on any atom is -0.391 e. The Kier molecular flexibility index (Phi) is 4.94. The lowest BCUT2D eigenvalue weighted by molar-refractivity contribution is 0.132. The van der Waals surface area contributed by atoms with Crippen molar-refractivity contribution in [1.82, 2.24) is 4.98 Å². The van der Waals surface area contributed by atoms with E-state index in [0.717, 1.165) is 0 Å². The molecule has 0 saturated carbocycles. The Balaban J connectivity index is 2.59. The first-order valence-electron chi connectivity index (χ1n) is 5.80. The van der Waals surface area contributed by atoms with Gasteiger partial charge in [-0.25, -0.2) is 4.98 Å². The van der Waals surface area contributed by atoms with Crippen LogP contribution >= 0.6 is 11.6 Å². The highest BCUT2D eigenvalue weighted by Crippen LogP contribution is 2.21. The van der Waals surface area contributed by atoms with E-state index < -0.39 is 6.10 Å². The van der Waals surface area contributed by atoms with Crippen molar-refractivity contribution in [3.63, 3.8) is 0 Å². The summed E-state index contributed by atoms with van der Waals surface area (Å²) in [4.78, 5) is 4.04. The Labute approximate surface area is 113 Å². The predicted octanol–water partition coefficient (Wildman–Crippen LogP) is 2.82. The SMILES string of the molecule is CC(C)(C)CC(O)CNc1cc(C#N)cc(Cl)n1. The van der Waals surface area contributed by atoms with Crippen molar-refractivity contribution in [1.29, 1.82) is 5.26 Å². The summed E-state index contributed by atoms with van der Waals surface area (Å²) >= 11 is 5.79. The number of pyridine rings is 1. The van der Waals surface area contributed by atoms with Gasteiger partial charge in [0.25, 0.3) is 0 Å². The molecule has 0 radical (unpaired) electrons. The first-order valence-corrected chi connectivity index (χ1v) is 6.17. The number of halogens is 1. The zero-order valence-electron chi connectivity index (χ0n) is 10.9. The number of aliphatic hydroxyl groups excluding tert-OH is 1. The molecule has 0 aliphatic heterocycles. The number of anilines is 1. The first-order chi connectivity index (χ1) is 8.30. The lowest BCUT2D eigenvalue weighted by Gasteiger charge is -2.22. The van der Waals surface area contributed by atoms with E-state index in [4.69, 9.17) is 16.9 Å². The highest BCUT2D eigenvalue weighted by Gasteiger charge is 2.16.